The molecule has 1 aromatic heterocycles. The van der Waals surface area contributed by atoms with Gasteiger partial charge in [0, 0.05) is 18.0 Å². The van der Waals surface area contributed by atoms with E-state index in [9.17, 15) is 0 Å². The Morgan fingerprint density at radius 2 is 1.78 bits per heavy atom. The van der Waals surface area contributed by atoms with E-state index in [0.29, 0.717) is 0 Å². The molecule has 0 saturated heterocycles. The first kappa shape index (κ1) is 13.3. The first-order valence-electron chi connectivity index (χ1n) is 6.34. The molecule has 0 atom stereocenters. The molecule has 0 bridgehead atoms. The average molecular weight is 259 g/mol. The maximum absolute atomic E-state index is 2.39. The minimum absolute atomic E-state index is 1.02. The summed E-state index contributed by atoms with van der Waals surface area (Å²) >= 11 is 1.85. The van der Waals surface area contributed by atoms with Crippen molar-refractivity contribution in [2.45, 2.75) is 33.9 Å². The molecule has 0 N–H and O–H groups in total. The Morgan fingerprint density at radius 3 is 2.44 bits per heavy atom. The zero-order valence-corrected chi connectivity index (χ0v) is 12.5. The lowest BCUT2D eigenvalue weighted by molar-refractivity contribution is 0.320. The summed E-state index contributed by atoms with van der Waals surface area (Å²) in [5.74, 6) is 0. The van der Waals surface area contributed by atoms with E-state index in [1.165, 1.54) is 27.1 Å². The van der Waals surface area contributed by atoms with Crippen molar-refractivity contribution in [3.63, 3.8) is 0 Å². The third-order valence-electron chi connectivity index (χ3n) is 3.33. The monoisotopic (exact) mass is 259 g/mol. The fourth-order valence-corrected chi connectivity index (χ4v) is 3.11. The molecule has 96 valence electrons. The highest BCUT2D eigenvalue weighted by molar-refractivity contribution is 7.10. The van der Waals surface area contributed by atoms with Crippen LogP contribution in [0.15, 0.2) is 29.6 Å². The molecule has 0 aliphatic rings. The lowest BCUT2D eigenvalue weighted by Gasteiger charge is -2.18. The Bertz CT molecular complexity index is 528. The van der Waals surface area contributed by atoms with Crippen LogP contribution in [0.4, 0.5) is 0 Å². The summed E-state index contributed by atoms with van der Waals surface area (Å²) in [5.41, 5.74) is 5.58. The molecule has 2 heteroatoms. The molecule has 0 unspecified atom stereocenters. The van der Waals surface area contributed by atoms with E-state index in [2.05, 4.69) is 62.4 Å². The third kappa shape index (κ3) is 3.21. The number of rotatable bonds is 4. The van der Waals surface area contributed by atoms with Crippen LogP contribution in [0, 0.1) is 20.8 Å². The first-order chi connectivity index (χ1) is 8.56. The van der Waals surface area contributed by atoms with Gasteiger partial charge in [-0.1, -0.05) is 23.8 Å². The van der Waals surface area contributed by atoms with Gasteiger partial charge in [0.15, 0.2) is 0 Å². The Hall–Kier alpha value is -1.12. The summed E-state index contributed by atoms with van der Waals surface area (Å²) in [5, 5.41) is 2.18. The van der Waals surface area contributed by atoms with Crippen molar-refractivity contribution in [1.29, 1.82) is 0 Å². The van der Waals surface area contributed by atoms with E-state index in [0.717, 1.165) is 13.1 Å². The second-order valence-corrected chi connectivity index (χ2v) is 6.13. The molecule has 2 rings (SSSR count). The van der Waals surface area contributed by atoms with E-state index < -0.39 is 0 Å². The molecule has 2 aromatic rings. The Morgan fingerprint density at radius 1 is 1.00 bits per heavy atom. The van der Waals surface area contributed by atoms with Crippen LogP contribution >= 0.6 is 11.3 Å². The van der Waals surface area contributed by atoms with E-state index in [-0.39, 0.29) is 0 Å². The van der Waals surface area contributed by atoms with E-state index in [4.69, 9.17) is 0 Å². The SMILES string of the molecule is Cc1ccc(C)c(CN(C)Cc2sccc2C)c1. The maximum atomic E-state index is 2.39. The fraction of sp³-hybridized carbons (Fsp3) is 0.375. The Labute approximate surface area is 114 Å². The number of thiophene rings is 1. The van der Waals surface area contributed by atoms with Crippen molar-refractivity contribution in [1.82, 2.24) is 4.90 Å². The topological polar surface area (TPSA) is 3.24 Å². The maximum Gasteiger partial charge on any atom is 0.0331 e. The molecule has 0 saturated carbocycles. The summed E-state index contributed by atoms with van der Waals surface area (Å²) in [6.45, 7) is 8.60. The number of hydrogen-bond acceptors (Lipinski definition) is 2. The van der Waals surface area contributed by atoms with Crippen molar-refractivity contribution in [2.24, 2.45) is 0 Å². The van der Waals surface area contributed by atoms with Crippen LogP contribution in [-0.2, 0) is 13.1 Å². The summed E-state index contributed by atoms with van der Waals surface area (Å²) < 4.78 is 0. The van der Waals surface area contributed by atoms with Crippen LogP contribution in [0.3, 0.4) is 0 Å². The van der Waals surface area contributed by atoms with Crippen molar-refractivity contribution in [3.8, 4) is 0 Å². The third-order valence-corrected chi connectivity index (χ3v) is 4.33. The van der Waals surface area contributed by atoms with E-state index in [1.807, 2.05) is 11.3 Å². The normalized spacial score (nSPS) is 11.2. The second-order valence-electron chi connectivity index (χ2n) is 5.13. The molecule has 0 spiro atoms. The van der Waals surface area contributed by atoms with Crippen molar-refractivity contribution in [2.75, 3.05) is 7.05 Å². The van der Waals surface area contributed by atoms with Crippen molar-refractivity contribution in [3.05, 3.63) is 56.8 Å². The molecule has 18 heavy (non-hydrogen) atoms. The van der Waals surface area contributed by atoms with E-state index >= 15 is 0 Å². The smallest absolute Gasteiger partial charge is 0.0331 e. The van der Waals surface area contributed by atoms with Crippen LogP contribution in [0.5, 0.6) is 0 Å². The molecule has 0 aliphatic heterocycles. The molecule has 0 fully saturated rings. The van der Waals surface area contributed by atoms with Crippen LogP contribution in [0.1, 0.15) is 27.1 Å². The highest BCUT2D eigenvalue weighted by Crippen LogP contribution is 2.19. The highest BCUT2D eigenvalue weighted by Gasteiger charge is 2.07. The van der Waals surface area contributed by atoms with Gasteiger partial charge in [-0.2, -0.15) is 0 Å². The lowest BCUT2D eigenvalue weighted by atomic mass is 10.1. The molecule has 0 amide bonds. The fourth-order valence-electron chi connectivity index (χ4n) is 2.13. The molecular formula is C16H21NS. The molecule has 0 aliphatic carbocycles. The van der Waals surface area contributed by atoms with Gasteiger partial charge in [0.2, 0.25) is 0 Å². The zero-order chi connectivity index (χ0) is 13.1. The zero-order valence-electron chi connectivity index (χ0n) is 11.7. The standard InChI is InChI=1S/C16H21NS/c1-12-5-6-13(2)15(9-12)10-17(4)11-16-14(3)7-8-18-16/h5-9H,10-11H2,1-4H3. The Kier molecular flexibility index (Phi) is 4.20. The van der Waals surface area contributed by atoms with Gasteiger partial charge in [0.05, 0.1) is 0 Å². The predicted molar refractivity (Wildman–Crippen MR) is 80.1 cm³/mol. The van der Waals surface area contributed by atoms with E-state index in [1.54, 1.807) is 0 Å². The van der Waals surface area contributed by atoms with Crippen LogP contribution in [0.25, 0.3) is 0 Å². The first-order valence-corrected chi connectivity index (χ1v) is 7.22. The number of nitrogens with zero attached hydrogens (tertiary/aromatic N) is 1. The van der Waals surface area contributed by atoms with Gasteiger partial charge in [-0.3, -0.25) is 4.90 Å². The van der Waals surface area contributed by atoms with Gasteiger partial charge in [0.1, 0.15) is 0 Å². The molecule has 0 radical (unpaired) electrons. The van der Waals surface area contributed by atoms with Gasteiger partial charge in [0.25, 0.3) is 0 Å². The van der Waals surface area contributed by atoms with Crippen LogP contribution in [-0.4, -0.2) is 11.9 Å². The molecule has 1 nitrogen and oxygen atoms in total. The van der Waals surface area contributed by atoms with Gasteiger partial charge in [-0.25, -0.2) is 0 Å². The number of hydrogen-bond donors (Lipinski definition) is 0. The quantitative estimate of drug-likeness (QED) is 0.791. The number of benzene rings is 1. The highest BCUT2D eigenvalue weighted by atomic mass is 32.1. The van der Waals surface area contributed by atoms with Crippen LogP contribution in [0.2, 0.25) is 0 Å². The van der Waals surface area contributed by atoms with Gasteiger partial charge in [-0.05, 0) is 56.0 Å². The van der Waals surface area contributed by atoms with Crippen molar-refractivity contribution < 1.29 is 0 Å². The Balaban J connectivity index is 2.05. The van der Waals surface area contributed by atoms with Crippen LogP contribution < -0.4 is 0 Å². The summed E-state index contributed by atoms with van der Waals surface area (Å²) in [6.07, 6.45) is 0. The van der Waals surface area contributed by atoms with Gasteiger partial charge in [-0.15, -0.1) is 11.3 Å². The predicted octanol–water partition coefficient (Wildman–Crippen LogP) is 4.31. The number of aryl methyl sites for hydroxylation is 3. The van der Waals surface area contributed by atoms with Gasteiger partial charge >= 0.3 is 0 Å². The lowest BCUT2D eigenvalue weighted by Crippen LogP contribution is -2.17. The molecule has 1 aromatic carbocycles. The second kappa shape index (κ2) is 5.68. The average Bonchev–Trinajstić information content (AvgIpc) is 2.70. The largest absolute Gasteiger partial charge is 0.297 e. The van der Waals surface area contributed by atoms with Gasteiger partial charge < -0.3 is 0 Å². The molecular weight excluding hydrogens is 238 g/mol. The minimum Gasteiger partial charge on any atom is -0.297 e. The summed E-state index contributed by atoms with van der Waals surface area (Å²) in [6, 6.07) is 8.90. The molecule has 1 heterocycles. The van der Waals surface area contributed by atoms with Crippen molar-refractivity contribution >= 4 is 11.3 Å². The summed E-state index contributed by atoms with van der Waals surface area (Å²) in [4.78, 5) is 3.86. The minimum atomic E-state index is 1.02. The summed E-state index contributed by atoms with van der Waals surface area (Å²) in [7, 11) is 2.20.